The van der Waals surface area contributed by atoms with Crippen molar-refractivity contribution in [2.24, 2.45) is 23.2 Å². The number of carbonyl (C=O) groups excluding carboxylic acids is 1. The monoisotopic (exact) mass is 576 g/mol. The Morgan fingerprint density at radius 1 is 1.15 bits per heavy atom. The van der Waals surface area contributed by atoms with E-state index in [9.17, 15) is 19.6 Å². The van der Waals surface area contributed by atoms with Gasteiger partial charge in [-0.3, -0.25) is 9.36 Å². The van der Waals surface area contributed by atoms with Gasteiger partial charge in [-0.1, -0.05) is 58.1 Å². The third kappa shape index (κ3) is 6.37. The van der Waals surface area contributed by atoms with Gasteiger partial charge in [0.15, 0.2) is 5.78 Å². The molecule has 7 heteroatoms. The quantitative estimate of drug-likeness (QED) is 0.183. The van der Waals surface area contributed by atoms with Crippen LogP contribution in [0, 0.1) is 23.2 Å². The molecule has 3 aliphatic carbocycles. The molecule has 2 N–H and O–H groups in total. The first-order valence-corrected chi connectivity index (χ1v) is 17.0. The van der Waals surface area contributed by atoms with E-state index >= 15 is 0 Å². The van der Waals surface area contributed by atoms with E-state index in [0.29, 0.717) is 37.5 Å². The minimum atomic E-state index is -3.63. The average molecular weight is 577 g/mol. The largest absolute Gasteiger partial charge is 0.393 e. The van der Waals surface area contributed by atoms with Crippen LogP contribution >= 0.6 is 7.60 Å². The van der Waals surface area contributed by atoms with Crippen LogP contribution in [0.4, 0.5) is 0 Å². The zero-order valence-corrected chi connectivity index (χ0v) is 26.6. The average Bonchev–Trinajstić information content (AvgIpc) is 3.27. The van der Waals surface area contributed by atoms with Crippen LogP contribution in [0.2, 0.25) is 0 Å². The molecule has 6 nitrogen and oxygen atoms in total. The standard InChI is InChI=1S/C33H53O6P/c1-8-33(9-2,40(37,38-10-3)39-11-4)31(36)19-14-23(5)28-17-18-29-25(13-12-20-32(28,29)7)15-16-26-21-27(34)22-30(35)24(26)6/h14-16,19,23,27-30,34-35H,6,8-13,17-18,20-22H2,1-5,7H3/t23-,27-,28-,29?,30+,32-/m1/s1. The van der Waals surface area contributed by atoms with Gasteiger partial charge in [0, 0.05) is 6.42 Å². The summed E-state index contributed by atoms with van der Waals surface area (Å²) in [6, 6.07) is 0. The van der Waals surface area contributed by atoms with Gasteiger partial charge < -0.3 is 19.3 Å². The molecule has 0 aromatic rings. The van der Waals surface area contributed by atoms with E-state index in [-0.39, 0.29) is 30.3 Å². The molecule has 0 heterocycles. The molecule has 0 aromatic carbocycles. The number of rotatable bonds is 12. The predicted molar refractivity (Wildman–Crippen MR) is 162 cm³/mol. The Bertz CT molecular complexity index is 1040. The molecule has 226 valence electrons. The van der Waals surface area contributed by atoms with Crippen molar-refractivity contribution in [1.29, 1.82) is 0 Å². The Labute approximate surface area is 242 Å². The summed E-state index contributed by atoms with van der Waals surface area (Å²) in [6.45, 7) is 16.5. The minimum absolute atomic E-state index is 0.135. The molecule has 0 saturated heterocycles. The summed E-state index contributed by atoms with van der Waals surface area (Å²) in [7, 11) is -3.63. The predicted octanol–water partition coefficient (Wildman–Crippen LogP) is 7.71. The van der Waals surface area contributed by atoms with E-state index in [1.807, 2.05) is 19.9 Å². The second kappa shape index (κ2) is 13.8. The van der Waals surface area contributed by atoms with Crippen LogP contribution in [0.1, 0.15) is 99.3 Å². The Balaban J connectivity index is 1.81. The van der Waals surface area contributed by atoms with Gasteiger partial charge in [-0.25, -0.2) is 0 Å². The normalized spacial score (nSPS) is 32.6. The summed E-state index contributed by atoms with van der Waals surface area (Å²) in [5.41, 5.74) is 3.25. The first-order chi connectivity index (χ1) is 18.9. The van der Waals surface area contributed by atoms with Crippen LogP contribution in [0.25, 0.3) is 0 Å². The van der Waals surface area contributed by atoms with Crippen molar-refractivity contribution < 1.29 is 28.6 Å². The van der Waals surface area contributed by atoms with Gasteiger partial charge >= 0.3 is 7.60 Å². The van der Waals surface area contributed by atoms with Gasteiger partial charge in [0.1, 0.15) is 5.16 Å². The lowest BCUT2D eigenvalue weighted by Gasteiger charge is -2.44. The van der Waals surface area contributed by atoms with Crippen molar-refractivity contribution in [2.75, 3.05) is 13.2 Å². The SMILES string of the molecule is C=C1C(=CC=C2CCC[C@@]3(C)C2CC[C@@H]3[C@H](C)C=CC(=O)C(CC)(CC)P(=O)(OCC)OCC)C[C@@H](O)C[C@@H]1O. The van der Waals surface area contributed by atoms with Crippen LogP contribution in [0.3, 0.4) is 0 Å². The van der Waals surface area contributed by atoms with Crippen LogP contribution in [0.5, 0.6) is 0 Å². The van der Waals surface area contributed by atoms with Crippen molar-refractivity contribution in [1.82, 2.24) is 0 Å². The maximum Gasteiger partial charge on any atom is 0.344 e. The molecule has 1 unspecified atom stereocenters. The first-order valence-electron chi connectivity index (χ1n) is 15.5. The zero-order chi connectivity index (χ0) is 29.7. The number of fused-ring (bicyclic) bond motifs is 1. The number of allylic oxidation sites excluding steroid dienone is 5. The van der Waals surface area contributed by atoms with E-state index in [4.69, 9.17) is 9.05 Å². The molecule has 0 amide bonds. The Morgan fingerprint density at radius 3 is 2.40 bits per heavy atom. The fourth-order valence-corrected chi connectivity index (χ4v) is 10.2. The summed E-state index contributed by atoms with van der Waals surface area (Å²) < 4.78 is 25.1. The van der Waals surface area contributed by atoms with E-state index < -0.39 is 25.0 Å². The van der Waals surface area contributed by atoms with Crippen LogP contribution in [0.15, 0.2) is 47.6 Å². The number of hydrogen-bond acceptors (Lipinski definition) is 6. The highest BCUT2D eigenvalue weighted by Gasteiger charge is 2.53. The molecule has 0 radical (unpaired) electrons. The minimum Gasteiger partial charge on any atom is -0.393 e. The molecular formula is C33H53O6P. The molecule has 0 aromatic heterocycles. The van der Waals surface area contributed by atoms with Crippen LogP contribution in [-0.2, 0) is 18.4 Å². The lowest BCUT2D eigenvalue weighted by molar-refractivity contribution is -0.117. The molecule has 0 aliphatic heterocycles. The molecule has 40 heavy (non-hydrogen) atoms. The number of ketones is 1. The molecule has 0 spiro atoms. The zero-order valence-electron chi connectivity index (χ0n) is 25.7. The number of aliphatic hydroxyl groups is 2. The fourth-order valence-electron chi connectivity index (χ4n) is 7.88. The third-order valence-corrected chi connectivity index (χ3v) is 13.3. The third-order valence-electron chi connectivity index (χ3n) is 10.2. The van der Waals surface area contributed by atoms with Gasteiger partial charge in [0.25, 0.3) is 0 Å². The first kappa shape index (κ1) is 33.2. The van der Waals surface area contributed by atoms with Crippen molar-refractivity contribution in [2.45, 2.75) is 117 Å². The lowest BCUT2D eigenvalue weighted by Crippen LogP contribution is -2.38. The van der Waals surface area contributed by atoms with Crippen molar-refractivity contribution in [3.05, 3.63) is 47.6 Å². The molecule has 3 fully saturated rings. The van der Waals surface area contributed by atoms with Crippen molar-refractivity contribution in [3.8, 4) is 0 Å². The summed E-state index contributed by atoms with van der Waals surface area (Å²) in [4.78, 5) is 13.7. The number of aliphatic hydroxyl groups excluding tert-OH is 2. The second-order valence-corrected chi connectivity index (χ2v) is 14.7. The van der Waals surface area contributed by atoms with Crippen molar-refractivity contribution >= 4 is 13.4 Å². The Kier molecular flexibility index (Phi) is 11.4. The smallest absolute Gasteiger partial charge is 0.344 e. The highest BCUT2D eigenvalue weighted by atomic mass is 31.2. The van der Waals surface area contributed by atoms with Crippen molar-refractivity contribution in [3.63, 3.8) is 0 Å². The van der Waals surface area contributed by atoms with Crippen LogP contribution < -0.4 is 0 Å². The topological polar surface area (TPSA) is 93.1 Å². The molecule has 3 saturated carbocycles. The van der Waals surface area contributed by atoms with E-state index in [2.05, 4.69) is 32.6 Å². The summed E-state index contributed by atoms with van der Waals surface area (Å²) >= 11 is 0. The van der Waals surface area contributed by atoms with Gasteiger partial charge in [0.05, 0.1) is 25.4 Å². The molecule has 6 atom stereocenters. The van der Waals surface area contributed by atoms with Gasteiger partial charge in [-0.2, -0.15) is 0 Å². The fraction of sp³-hybridized carbons (Fsp3) is 0.727. The summed E-state index contributed by atoms with van der Waals surface area (Å²) in [5, 5.41) is 19.2. The summed E-state index contributed by atoms with van der Waals surface area (Å²) in [6.07, 6.45) is 14.1. The van der Waals surface area contributed by atoms with Crippen LogP contribution in [-0.4, -0.2) is 46.6 Å². The molecule has 3 rings (SSSR count). The molecule has 3 aliphatic rings. The maximum atomic E-state index is 13.8. The highest BCUT2D eigenvalue weighted by Crippen LogP contribution is 2.64. The van der Waals surface area contributed by atoms with E-state index in [0.717, 1.165) is 43.3 Å². The second-order valence-electron chi connectivity index (χ2n) is 12.3. The Morgan fingerprint density at radius 2 is 1.80 bits per heavy atom. The van der Waals surface area contributed by atoms with Gasteiger partial charge in [-0.15, -0.1) is 0 Å². The summed E-state index contributed by atoms with van der Waals surface area (Å²) in [5.74, 6) is 0.949. The van der Waals surface area contributed by atoms with Gasteiger partial charge in [0.2, 0.25) is 0 Å². The highest BCUT2D eigenvalue weighted by molar-refractivity contribution is 7.57. The number of carbonyl (C=O) groups is 1. The van der Waals surface area contributed by atoms with Gasteiger partial charge in [-0.05, 0) is 106 Å². The molecular weight excluding hydrogens is 523 g/mol. The maximum absolute atomic E-state index is 13.8. The van der Waals surface area contributed by atoms with E-state index in [1.165, 1.54) is 5.57 Å². The Hall–Kier alpha value is -1.30. The number of hydrogen-bond donors (Lipinski definition) is 2. The van der Waals surface area contributed by atoms with E-state index in [1.54, 1.807) is 19.9 Å². The molecule has 0 bridgehead atoms. The lowest BCUT2D eigenvalue weighted by atomic mass is 9.61.